The van der Waals surface area contributed by atoms with Crippen molar-refractivity contribution in [3.63, 3.8) is 0 Å². The molecule has 0 N–H and O–H groups in total. The molecule has 0 unspecified atom stereocenters. The summed E-state index contributed by atoms with van der Waals surface area (Å²) in [5.74, 6) is 0. The van der Waals surface area contributed by atoms with Crippen molar-refractivity contribution in [2.24, 2.45) is 0 Å². The third-order valence-corrected chi connectivity index (χ3v) is 11.8. The fourth-order valence-electron chi connectivity index (χ4n) is 9.13. The van der Waals surface area contributed by atoms with Gasteiger partial charge in [0.2, 0.25) is 0 Å². The first kappa shape index (κ1) is 32.7. The van der Waals surface area contributed by atoms with E-state index in [0.717, 1.165) is 102 Å². The second kappa shape index (κ2) is 13.0. The Bertz CT molecular complexity index is 3450. The fourth-order valence-corrected chi connectivity index (χ4v) is 9.13. The van der Waals surface area contributed by atoms with Crippen molar-refractivity contribution in [3.8, 4) is 22.3 Å². The normalized spacial score (nSPS) is 13.1. The van der Waals surface area contributed by atoms with Gasteiger partial charge in [-0.05, 0) is 96.3 Å². The van der Waals surface area contributed by atoms with Gasteiger partial charge in [-0.3, -0.25) is 0 Å². The molecule has 1 aliphatic rings. The van der Waals surface area contributed by atoms with Crippen molar-refractivity contribution in [2.45, 2.75) is 12.8 Å². The Morgan fingerprint density at radius 1 is 0.448 bits per heavy atom. The maximum absolute atomic E-state index is 7.02. The number of furan rings is 2. The van der Waals surface area contributed by atoms with Crippen LogP contribution in [0.2, 0.25) is 0 Å². The van der Waals surface area contributed by atoms with Crippen molar-refractivity contribution >= 4 is 88.4 Å². The Kier molecular flexibility index (Phi) is 7.32. The van der Waals surface area contributed by atoms with Gasteiger partial charge in [0.05, 0.1) is 22.1 Å². The highest BCUT2D eigenvalue weighted by Gasteiger charge is 2.25. The van der Waals surface area contributed by atoms with Gasteiger partial charge < -0.3 is 18.3 Å². The molecule has 0 amide bonds. The zero-order valence-electron chi connectivity index (χ0n) is 31.6. The number of fused-ring (bicyclic) bond motifs is 9. The summed E-state index contributed by atoms with van der Waals surface area (Å²) in [6.45, 7) is 0. The van der Waals surface area contributed by atoms with Crippen LogP contribution in [-0.2, 0) is 0 Å². The maximum atomic E-state index is 7.02. The summed E-state index contributed by atoms with van der Waals surface area (Å²) in [4.78, 5) is 2.39. The topological polar surface area (TPSA) is 34.5 Å². The van der Waals surface area contributed by atoms with Crippen LogP contribution in [0.3, 0.4) is 0 Å². The quantitative estimate of drug-likeness (QED) is 0.170. The van der Waals surface area contributed by atoms with E-state index in [2.05, 4.69) is 191 Å². The molecule has 0 radical (unpaired) electrons. The lowest BCUT2D eigenvalue weighted by Crippen LogP contribution is -2.10. The molecule has 0 saturated heterocycles. The highest BCUT2D eigenvalue weighted by Crippen LogP contribution is 2.48. The van der Waals surface area contributed by atoms with Gasteiger partial charge in [0.25, 0.3) is 0 Å². The Morgan fingerprint density at radius 3 is 1.95 bits per heavy atom. The molecule has 1 aliphatic carbocycles. The molecule has 11 aromatic rings. The largest absolute Gasteiger partial charge is 0.456 e. The third-order valence-electron chi connectivity index (χ3n) is 11.8. The summed E-state index contributed by atoms with van der Waals surface area (Å²) >= 11 is 0. The number of anilines is 3. The maximum Gasteiger partial charge on any atom is 0.145 e. The van der Waals surface area contributed by atoms with Gasteiger partial charge >= 0.3 is 0 Å². The van der Waals surface area contributed by atoms with Gasteiger partial charge in [-0.1, -0.05) is 121 Å². The molecule has 12 rings (SSSR count). The molecule has 0 fully saturated rings. The highest BCUT2D eigenvalue weighted by molar-refractivity contribution is 6.18. The summed E-state index contributed by atoms with van der Waals surface area (Å²) in [5, 5.41) is 6.78. The minimum Gasteiger partial charge on any atom is -0.456 e. The van der Waals surface area contributed by atoms with Crippen LogP contribution in [0, 0.1) is 0 Å². The first-order chi connectivity index (χ1) is 28.8. The molecular weight excluding hydrogens is 709 g/mol. The van der Waals surface area contributed by atoms with E-state index >= 15 is 0 Å². The number of hydrogen-bond acceptors (Lipinski definition) is 3. The average Bonchev–Trinajstić information content (AvgIpc) is 3.97. The predicted molar refractivity (Wildman–Crippen MR) is 242 cm³/mol. The first-order valence-corrected chi connectivity index (χ1v) is 20.0. The Morgan fingerprint density at radius 2 is 1.12 bits per heavy atom. The fraction of sp³-hybridized carbons (Fsp3) is 0.0370. The third kappa shape index (κ3) is 5.08. The Hall–Kier alpha value is -7.56. The van der Waals surface area contributed by atoms with E-state index < -0.39 is 0 Å². The molecule has 274 valence electrons. The van der Waals surface area contributed by atoms with E-state index in [1.807, 2.05) is 12.1 Å². The smallest absolute Gasteiger partial charge is 0.145 e. The lowest BCUT2D eigenvalue weighted by Gasteiger charge is -2.27. The lowest BCUT2D eigenvalue weighted by atomic mass is 9.98. The summed E-state index contributed by atoms with van der Waals surface area (Å²) in [6, 6.07) is 62.7. The van der Waals surface area contributed by atoms with Crippen molar-refractivity contribution in [1.29, 1.82) is 0 Å². The molecule has 58 heavy (non-hydrogen) atoms. The second-order valence-electron chi connectivity index (χ2n) is 15.2. The van der Waals surface area contributed by atoms with E-state index in [-0.39, 0.29) is 0 Å². The van der Waals surface area contributed by atoms with Gasteiger partial charge in [-0.2, -0.15) is 0 Å². The summed E-state index contributed by atoms with van der Waals surface area (Å²) in [5.41, 5.74) is 14.5. The molecule has 4 heteroatoms. The van der Waals surface area contributed by atoms with Crippen LogP contribution in [0.15, 0.2) is 203 Å². The molecular formula is C54H36N2O2. The average molecular weight is 745 g/mol. The number of aromatic nitrogens is 1. The number of rotatable bonds is 6. The van der Waals surface area contributed by atoms with Crippen LogP contribution >= 0.6 is 0 Å². The van der Waals surface area contributed by atoms with E-state index in [0.29, 0.717) is 0 Å². The molecule has 8 aromatic carbocycles. The molecule has 0 aliphatic heterocycles. The number of hydrogen-bond donors (Lipinski definition) is 0. The van der Waals surface area contributed by atoms with Crippen LogP contribution in [0.5, 0.6) is 0 Å². The van der Waals surface area contributed by atoms with Crippen molar-refractivity contribution < 1.29 is 8.83 Å². The molecule has 3 aromatic heterocycles. The van der Waals surface area contributed by atoms with E-state index in [1.165, 1.54) is 22.0 Å². The summed E-state index contributed by atoms with van der Waals surface area (Å²) in [6.07, 6.45) is 8.99. The molecule has 3 heterocycles. The monoisotopic (exact) mass is 744 g/mol. The highest BCUT2D eigenvalue weighted by atomic mass is 16.3. The van der Waals surface area contributed by atoms with Crippen LogP contribution in [-0.4, -0.2) is 4.57 Å². The molecule has 0 spiro atoms. The number of allylic oxidation sites excluding steroid dienone is 4. The number of para-hydroxylation sites is 2. The lowest BCUT2D eigenvalue weighted by molar-refractivity contribution is 0.669. The first-order valence-electron chi connectivity index (χ1n) is 20.0. The molecule has 0 saturated carbocycles. The van der Waals surface area contributed by atoms with Crippen LogP contribution in [0.25, 0.3) is 93.6 Å². The van der Waals surface area contributed by atoms with Gasteiger partial charge in [-0.15, -0.1) is 0 Å². The molecule has 0 atom stereocenters. The minimum absolute atomic E-state index is 0.845. The zero-order chi connectivity index (χ0) is 38.2. The van der Waals surface area contributed by atoms with Crippen LogP contribution < -0.4 is 4.90 Å². The van der Waals surface area contributed by atoms with Gasteiger partial charge in [0, 0.05) is 55.6 Å². The zero-order valence-corrected chi connectivity index (χ0v) is 31.6. The van der Waals surface area contributed by atoms with Crippen LogP contribution in [0.4, 0.5) is 17.1 Å². The predicted octanol–water partition coefficient (Wildman–Crippen LogP) is 15.6. The van der Waals surface area contributed by atoms with E-state index in [9.17, 15) is 0 Å². The van der Waals surface area contributed by atoms with Crippen LogP contribution in [0.1, 0.15) is 12.8 Å². The number of nitrogens with zero attached hydrogens (tertiary/aromatic N) is 2. The van der Waals surface area contributed by atoms with E-state index in [4.69, 9.17) is 8.83 Å². The second-order valence-corrected chi connectivity index (χ2v) is 15.2. The standard InChI is InChI=1S/C54H36N2O2/c1-4-14-35(15-5-1)37-24-27-46-51(32-37)58-54-41(36-16-6-2-7-17-36)30-31-48(53(46)54)55(40-26-29-45-44-21-11-13-23-50(44)57-52(45)34-40)39-25-28-43-42-20-10-12-22-47(42)56(49(43)33-39)38-18-8-3-9-19-38/h1-2,4-8,10-34H,3,9H2. The molecule has 4 nitrogen and oxygen atoms in total. The Labute approximate surface area is 334 Å². The van der Waals surface area contributed by atoms with Gasteiger partial charge in [0.1, 0.15) is 22.3 Å². The number of benzene rings is 8. The van der Waals surface area contributed by atoms with E-state index in [1.54, 1.807) is 0 Å². The van der Waals surface area contributed by atoms with Gasteiger partial charge in [0.15, 0.2) is 0 Å². The SMILES string of the molecule is C1=CC(n2c3ccccc3c3ccc(N(c4ccc5c(c4)oc4ccccc45)c4ccc(-c5ccccc5)c5oc6cc(-c7ccccc7)ccc6c45)cc32)=CCC1. The Balaban J connectivity index is 1.16. The summed E-state index contributed by atoms with van der Waals surface area (Å²) < 4.78 is 16.0. The van der Waals surface area contributed by atoms with Gasteiger partial charge in [-0.25, -0.2) is 0 Å². The van der Waals surface area contributed by atoms with Crippen molar-refractivity contribution in [3.05, 3.63) is 194 Å². The van der Waals surface area contributed by atoms with Crippen molar-refractivity contribution in [2.75, 3.05) is 4.90 Å². The minimum atomic E-state index is 0.845. The molecule has 0 bridgehead atoms. The van der Waals surface area contributed by atoms with Crippen molar-refractivity contribution in [1.82, 2.24) is 4.57 Å². The summed E-state index contributed by atoms with van der Waals surface area (Å²) in [7, 11) is 0.